The van der Waals surface area contributed by atoms with E-state index < -0.39 is 34.0 Å². The van der Waals surface area contributed by atoms with Crippen molar-refractivity contribution in [2.75, 3.05) is 78.9 Å². The number of benzene rings is 2. The van der Waals surface area contributed by atoms with Crippen LogP contribution < -0.4 is 0 Å². The zero-order valence-electron chi connectivity index (χ0n) is 38.4. The third-order valence-corrected chi connectivity index (χ3v) is 13.9. The van der Waals surface area contributed by atoms with Crippen LogP contribution in [0, 0.1) is 5.41 Å². The van der Waals surface area contributed by atoms with E-state index >= 15 is 0 Å². The van der Waals surface area contributed by atoms with E-state index in [9.17, 15) is 23.1 Å². The number of esters is 1. The Kier molecular flexibility index (Phi) is 34.1. The molecule has 54 heavy (non-hydrogen) atoms. The Bertz CT molecular complexity index is 1330. The van der Waals surface area contributed by atoms with Crippen LogP contribution in [0.4, 0.5) is 0 Å². The lowest BCUT2D eigenvalue weighted by atomic mass is 9.91. The molecule has 6 nitrogen and oxygen atoms in total. The Hall–Kier alpha value is -1.17. The molecule has 0 aliphatic carbocycles. The summed E-state index contributed by atoms with van der Waals surface area (Å²) in [6, 6.07) is 21.3. The average Bonchev–Trinajstić information content (AvgIpc) is 3.06. The highest BCUT2D eigenvalue weighted by atomic mass is 31.2. The highest BCUT2D eigenvalue weighted by molar-refractivity contribution is 7.63. The third-order valence-electron chi connectivity index (χ3n) is 8.68. The first-order valence-corrected chi connectivity index (χ1v) is 31.1. The smallest absolute Gasteiger partial charge is 0.311 e. The second-order valence-corrected chi connectivity index (χ2v) is 31.7. The molecule has 2 aromatic carbocycles. The zero-order chi connectivity index (χ0) is 43.4. The fourth-order valence-electron chi connectivity index (χ4n) is 3.71. The molecule has 0 bridgehead atoms. The van der Waals surface area contributed by atoms with Gasteiger partial charge in [0.05, 0.1) is 40.6 Å². The van der Waals surface area contributed by atoms with Crippen LogP contribution in [0.15, 0.2) is 60.7 Å². The van der Waals surface area contributed by atoms with Gasteiger partial charge < -0.3 is 23.0 Å². The van der Waals surface area contributed by atoms with Gasteiger partial charge in [-0.3, -0.25) is 4.79 Å². The fourth-order valence-corrected chi connectivity index (χ4v) is 6.20. The molecule has 0 amide bonds. The highest BCUT2D eigenvalue weighted by Crippen LogP contribution is 2.43. The first-order chi connectivity index (χ1) is 24.4. The minimum Gasteiger partial charge on any atom is -0.465 e. The monoisotopic (exact) mass is 835 g/mol. The van der Waals surface area contributed by atoms with Crippen LogP contribution in [-0.4, -0.2) is 90.5 Å². The Morgan fingerprint density at radius 1 is 0.593 bits per heavy atom. The van der Waals surface area contributed by atoms with Gasteiger partial charge in [0.15, 0.2) is 0 Å². The van der Waals surface area contributed by atoms with Gasteiger partial charge in [-0.25, -0.2) is 0 Å². The van der Waals surface area contributed by atoms with Crippen LogP contribution in [0.2, 0.25) is 0 Å². The Labute approximate surface area is 336 Å². The minimum absolute atomic E-state index is 0.201. The normalized spacial score (nSPS) is 13.1. The highest BCUT2D eigenvalue weighted by Gasteiger charge is 2.27. The molecule has 0 radical (unpaired) electrons. The fraction of sp³-hybridized carbons (Fsp3) is 0.705. The van der Waals surface area contributed by atoms with E-state index in [2.05, 4.69) is 102 Å². The van der Waals surface area contributed by atoms with Crippen LogP contribution in [0.25, 0.3) is 0 Å². The number of carbonyl (C=O) groups is 1. The molecule has 0 saturated heterocycles. The Balaban J connectivity index is -0.000000285. The van der Waals surface area contributed by atoms with Gasteiger partial charge >= 0.3 is 5.97 Å². The van der Waals surface area contributed by atoms with Crippen molar-refractivity contribution < 1.29 is 27.8 Å². The van der Waals surface area contributed by atoms with Crippen molar-refractivity contribution >= 4 is 34.5 Å². The van der Waals surface area contributed by atoms with Crippen LogP contribution in [0.1, 0.15) is 124 Å². The molecule has 3 unspecified atom stereocenters. The van der Waals surface area contributed by atoms with Crippen molar-refractivity contribution in [3.63, 3.8) is 0 Å². The summed E-state index contributed by atoms with van der Waals surface area (Å²) in [6.45, 7) is 37.0. The maximum absolute atomic E-state index is 11.5. The second kappa shape index (κ2) is 30.9. The number of carbonyl (C=O) groups excluding carboxylic acids is 1. The Morgan fingerprint density at radius 2 is 0.926 bits per heavy atom. The van der Waals surface area contributed by atoms with Gasteiger partial charge in [-0.15, -0.1) is 0 Å². The summed E-state index contributed by atoms with van der Waals surface area (Å²) in [6.07, 6.45) is 6.65. The van der Waals surface area contributed by atoms with Crippen LogP contribution in [-0.2, 0) is 27.8 Å². The predicted octanol–water partition coefficient (Wildman–Crippen LogP) is 14.7. The summed E-state index contributed by atoms with van der Waals surface area (Å²) in [4.78, 5) is 11.5. The number of ether oxygens (including phenoxy) is 1. The molecule has 0 aliphatic rings. The van der Waals surface area contributed by atoms with E-state index in [4.69, 9.17) is 4.74 Å². The molecule has 2 aromatic rings. The molecule has 0 aromatic heterocycles. The Morgan fingerprint density at radius 3 is 1.11 bits per heavy atom. The summed E-state index contributed by atoms with van der Waals surface area (Å²) in [5.41, 5.74) is 2.88. The standard InChI is InChI=1S/C10H21O3P.2C10H14.C6H15OP.C5H13OP.C3H9OP/c1-6-10(2,3)9(11)13-7-8-14(4,5)12;2*1-3-9(2)10-7-5-4-6-8-10;1-5-6(2)8(3,4)7;1-4-5-7(2,3)6;1-5(2,3)4/h6-8H2,1-5H3;2*4-9H,3H2,1-2H3;6H,5H2,1-4H3;4-5H2,1-3H3;1-3H3. The van der Waals surface area contributed by atoms with Crippen molar-refractivity contribution in [2.45, 2.75) is 119 Å². The van der Waals surface area contributed by atoms with E-state index in [0.717, 1.165) is 25.4 Å². The SMILES string of the molecule is CCC(C)(C)C(=O)OCCP(C)(C)=O.CCC(C)P(C)(C)=O.CCC(C)c1ccccc1.CCC(C)c1ccccc1.CCCP(C)(C)=O.CP(C)(C)=O. The molecule has 3 atom stereocenters. The lowest BCUT2D eigenvalue weighted by Crippen LogP contribution is -2.26. The molecule has 0 N–H and O–H groups in total. The first kappa shape index (κ1) is 59.5. The minimum atomic E-state index is -2.06. The molecule has 10 heteroatoms. The molecule has 318 valence electrons. The van der Waals surface area contributed by atoms with Crippen LogP contribution in [0.3, 0.4) is 0 Å². The van der Waals surface area contributed by atoms with Crippen LogP contribution in [0.5, 0.6) is 0 Å². The maximum atomic E-state index is 11.5. The van der Waals surface area contributed by atoms with Crippen molar-refractivity contribution in [1.82, 2.24) is 0 Å². The molecule has 0 spiro atoms. The quantitative estimate of drug-likeness (QED) is 0.147. The first-order valence-electron chi connectivity index (χ1n) is 19.8. The van der Waals surface area contributed by atoms with E-state index in [1.54, 1.807) is 33.3 Å². The van der Waals surface area contributed by atoms with Crippen molar-refractivity contribution in [3.05, 3.63) is 71.8 Å². The molecule has 0 fully saturated rings. The summed E-state index contributed by atoms with van der Waals surface area (Å²) in [5, 5.41) is 0. The third kappa shape index (κ3) is 42.0. The molecule has 0 aliphatic heterocycles. The maximum Gasteiger partial charge on any atom is 0.311 e. The van der Waals surface area contributed by atoms with Gasteiger partial charge in [0.25, 0.3) is 0 Å². The molecule has 2 rings (SSSR count). The lowest BCUT2D eigenvalue weighted by Gasteiger charge is -2.20. The predicted molar refractivity (Wildman–Crippen MR) is 249 cm³/mol. The van der Waals surface area contributed by atoms with Gasteiger partial charge in [-0.05, 0) is 129 Å². The van der Waals surface area contributed by atoms with Gasteiger partial charge in [0.1, 0.15) is 0 Å². The summed E-state index contributed by atoms with van der Waals surface area (Å²) in [5.74, 6) is 1.22. The van der Waals surface area contributed by atoms with Gasteiger partial charge in [0.2, 0.25) is 0 Å². The molecule has 0 saturated carbocycles. The lowest BCUT2D eigenvalue weighted by molar-refractivity contribution is -0.153. The van der Waals surface area contributed by atoms with E-state index in [-0.39, 0.29) is 12.6 Å². The number of rotatable bonds is 13. The van der Waals surface area contributed by atoms with Gasteiger partial charge in [0, 0.05) is 18.0 Å². The molecular formula is C44H86O6P4. The van der Waals surface area contributed by atoms with E-state index in [1.807, 2.05) is 54.4 Å². The van der Waals surface area contributed by atoms with E-state index in [1.165, 1.54) is 24.0 Å². The van der Waals surface area contributed by atoms with Crippen molar-refractivity contribution in [3.8, 4) is 0 Å². The van der Waals surface area contributed by atoms with Gasteiger partial charge in [-0.2, -0.15) is 0 Å². The average molecular weight is 835 g/mol. The largest absolute Gasteiger partial charge is 0.465 e. The zero-order valence-corrected chi connectivity index (χ0v) is 42.0. The number of hydrogen-bond acceptors (Lipinski definition) is 6. The topological polar surface area (TPSA) is 94.6 Å². The molecular weight excluding hydrogens is 748 g/mol. The summed E-state index contributed by atoms with van der Waals surface area (Å²) < 4.78 is 48.6. The van der Waals surface area contributed by atoms with Crippen molar-refractivity contribution in [2.24, 2.45) is 5.41 Å². The van der Waals surface area contributed by atoms with Crippen LogP contribution >= 0.6 is 28.6 Å². The van der Waals surface area contributed by atoms with Crippen molar-refractivity contribution in [1.29, 1.82) is 0 Å². The van der Waals surface area contributed by atoms with Gasteiger partial charge in [-0.1, -0.05) is 116 Å². The number of hydrogen-bond donors (Lipinski definition) is 0. The molecule has 0 heterocycles. The summed E-state index contributed by atoms with van der Waals surface area (Å²) >= 11 is 0. The summed E-state index contributed by atoms with van der Waals surface area (Å²) in [7, 11) is -7.12. The second-order valence-electron chi connectivity index (χ2n) is 17.0. The van der Waals surface area contributed by atoms with E-state index in [0.29, 0.717) is 23.7 Å².